The third-order valence-electron chi connectivity index (χ3n) is 5.50. The summed E-state index contributed by atoms with van der Waals surface area (Å²) in [4.78, 5) is 2.23. The maximum Gasteiger partial charge on any atom is 0.240 e. The van der Waals surface area contributed by atoms with Crippen molar-refractivity contribution in [3.8, 4) is 5.75 Å². The highest BCUT2D eigenvalue weighted by molar-refractivity contribution is 7.89. The first kappa shape index (κ1) is 27.2. The largest absolute Gasteiger partial charge is 0.484 e. The van der Waals surface area contributed by atoms with E-state index < -0.39 is 10.0 Å². The lowest BCUT2D eigenvalue weighted by atomic mass is 10.1. The predicted octanol–water partition coefficient (Wildman–Crippen LogP) is 2.87. The molecule has 0 aliphatic heterocycles. The lowest BCUT2D eigenvalue weighted by molar-refractivity contribution is 0.0530. The van der Waals surface area contributed by atoms with E-state index in [1.54, 1.807) is 18.2 Å². The Morgan fingerprint density at radius 2 is 1.74 bits per heavy atom. The molecule has 1 aliphatic rings. The smallest absolute Gasteiger partial charge is 0.240 e. The molecule has 2 aromatic rings. The van der Waals surface area contributed by atoms with Crippen LogP contribution in [0, 0.1) is 0 Å². The van der Waals surface area contributed by atoms with E-state index in [4.69, 9.17) is 43.1 Å². The first-order valence-corrected chi connectivity index (χ1v) is 13.2. The van der Waals surface area contributed by atoms with Gasteiger partial charge in [0, 0.05) is 28.7 Å². The number of ether oxygens (including phenoxy) is 3. The highest BCUT2D eigenvalue weighted by Gasteiger charge is 2.37. The second-order valence-electron chi connectivity index (χ2n) is 8.11. The van der Waals surface area contributed by atoms with Gasteiger partial charge >= 0.3 is 0 Å². The highest BCUT2D eigenvalue weighted by atomic mass is 35.5. The van der Waals surface area contributed by atoms with Crippen LogP contribution in [0.5, 0.6) is 5.75 Å². The van der Waals surface area contributed by atoms with Gasteiger partial charge in [0.1, 0.15) is 11.9 Å². The molecule has 0 unspecified atom stereocenters. The number of halogens is 2. The molecule has 0 bridgehead atoms. The van der Waals surface area contributed by atoms with E-state index in [-0.39, 0.29) is 30.2 Å². The zero-order chi connectivity index (χ0) is 24.7. The Balaban J connectivity index is 1.60. The third-order valence-corrected chi connectivity index (χ3v) is 7.53. The van der Waals surface area contributed by atoms with Gasteiger partial charge in [0.05, 0.1) is 37.4 Å². The SMILES string of the molecule is CN(C)[C@@H]1Cc2c(Cl)cc(Cl)cc2[C@@H]1Oc1ccc(S(=O)(=O)NCCOCCOCCN)cc1. The number of hydrogen-bond donors (Lipinski definition) is 2. The van der Waals surface area contributed by atoms with E-state index in [1.165, 1.54) is 12.1 Å². The summed E-state index contributed by atoms with van der Waals surface area (Å²) in [6.07, 6.45) is 0.452. The zero-order valence-electron chi connectivity index (χ0n) is 19.3. The number of rotatable bonds is 13. The minimum absolute atomic E-state index is 0.0664. The predicted molar refractivity (Wildman–Crippen MR) is 133 cm³/mol. The van der Waals surface area contributed by atoms with E-state index >= 15 is 0 Å². The van der Waals surface area contributed by atoms with Crippen molar-refractivity contribution in [2.75, 3.05) is 53.6 Å². The standard InChI is InChI=1S/C23H31Cl2N3O5S/c1-28(2)22-15-19-20(13-16(24)14-21(19)25)23(22)33-17-3-5-18(6-4-17)34(29,30)27-8-10-32-12-11-31-9-7-26/h3-6,13-14,22-23,27H,7-12,15,26H2,1-2H3/t22-,23+/m1/s1. The molecule has 0 saturated carbocycles. The van der Waals surface area contributed by atoms with Crippen molar-refractivity contribution >= 4 is 33.2 Å². The summed E-state index contributed by atoms with van der Waals surface area (Å²) in [7, 11) is 0.307. The summed E-state index contributed by atoms with van der Waals surface area (Å²) in [6, 6.07) is 10.0. The molecule has 0 aromatic heterocycles. The van der Waals surface area contributed by atoms with Crippen LogP contribution in [0.15, 0.2) is 41.3 Å². The molecule has 34 heavy (non-hydrogen) atoms. The molecule has 11 heteroatoms. The summed E-state index contributed by atoms with van der Waals surface area (Å²) in [5.74, 6) is 0.556. The fourth-order valence-corrected chi connectivity index (χ4v) is 5.39. The topological polar surface area (TPSA) is 103 Å². The van der Waals surface area contributed by atoms with Crippen molar-refractivity contribution in [2.24, 2.45) is 5.73 Å². The summed E-state index contributed by atoms with van der Waals surface area (Å²) in [5.41, 5.74) is 7.30. The van der Waals surface area contributed by atoms with Crippen molar-refractivity contribution in [1.82, 2.24) is 9.62 Å². The first-order valence-electron chi connectivity index (χ1n) is 11.0. The van der Waals surface area contributed by atoms with Crippen molar-refractivity contribution in [3.05, 3.63) is 57.6 Å². The fraction of sp³-hybridized carbons (Fsp3) is 0.478. The number of sulfonamides is 1. The minimum Gasteiger partial charge on any atom is -0.484 e. The molecule has 8 nitrogen and oxygen atoms in total. The Bertz CT molecular complexity index is 1050. The quantitative estimate of drug-likeness (QED) is 0.383. The number of nitrogens with two attached hydrogens (primary N) is 1. The molecule has 2 atom stereocenters. The fourth-order valence-electron chi connectivity index (χ4n) is 3.79. The minimum atomic E-state index is -3.67. The average Bonchev–Trinajstić information content (AvgIpc) is 3.15. The number of hydrogen-bond acceptors (Lipinski definition) is 7. The van der Waals surface area contributed by atoms with Crippen LogP contribution in [0.25, 0.3) is 0 Å². The van der Waals surface area contributed by atoms with Crippen LogP contribution in [0.1, 0.15) is 17.2 Å². The van der Waals surface area contributed by atoms with Gasteiger partial charge in [-0.05, 0) is 62.5 Å². The third kappa shape index (κ3) is 7.05. The first-order chi connectivity index (χ1) is 16.2. The zero-order valence-corrected chi connectivity index (χ0v) is 21.6. The van der Waals surface area contributed by atoms with Gasteiger partial charge in [-0.1, -0.05) is 23.2 Å². The monoisotopic (exact) mass is 531 g/mol. The highest BCUT2D eigenvalue weighted by Crippen LogP contribution is 2.42. The molecule has 0 fully saturated rings. The second kappa shape index (κ2) is 12.5. The van der Waals surface area contributed by atoms with Gasteiger partial charge in [-0.3, -0.25) is 0 Å². The Morgan fingerprint density at radius 1 is 1.06 bits per heavy atom. The molecule has 1 aliphatic carbocycles. The molecular weight excluding hydrogens is 501 g/mol. The number of fused-ring (bicyclic) bond motifs is 1. The lowest BCUT2D eigenvalue weighted by Crippen LogP contribution is -2.34. The Kier molecular flexibility index (Phi) is 9.99. The van der Waals surface area contributed by atoms with Crippen molar-refractivity contribution in [2.45, 2.75) is 23.5 Å². The van der Waals surface area contributed by atoms with Gasteiger partial charge in [0.15, 0.2) is 0 Å². The normalized spacial score (nSPS) is 17.8. The van der Waals surface area contributed by atoms with Crippen LogP contribution >= 0.6 is 23.2 Å². The molecule has 0 saturated heterocycles. The average molecular weight is 532 g/mol. The lowest BCUT2D eigenvalue weighted by Gasteiger charge is -2.27. The summed E-state index contributed by atoms with van der Waals surface area (Å²) < 4.78 is 44.5. The molecule has 0 radical (unpaired) electrons. The van der Waals surface area contributed by atoms with Crippen molar-refractivity contribution in [3.63, 3.8) is 0 Å². The van der Waals surface area contributed by atoms with E-state index in [1.807, 2.05) is 20.2 Å². The van der Waals surface area contributed by atoms with Gasteiger partial charge in [-0.15, -0.1) is 0 Å². The van der Waals surface area contributed by atoms with Crippen LogP contribution in [-0.4, -0.2) is 73.0 Å². The Morgan fingerprint density at radius 3 is 2.38 bits per heavy atom. The molecular formula is C23H31Cl2N3O5S. The molecule has 3 N–H and O–H groups in total. The number of nitrogens with zero attached hydrogens (tertiary/aromatic N) is 1. The molecule has 0 amide bonds. The van der Waals surface area contributed by atoms with Gasteiger partial charge < -0.3 is 24.8 Å². The van der Waals surface area contributed by atoms with Crippen molar-refractivity contribution < 1.29 is 22.6 Å². The summed E-state index contributed by atoms with van der Waals surface area (Å²) in [5, 5.41) is 1.18. The van der Waals surface area contributed by atoms with Gasteiger partial charge in [-0.2, -0.15) is 0 Å². The second-order valence-corrected chi connectivity index (χ2v) is 10.7. The number of nitrogens with one attached hydrogen (secondary N) is 1. The van der Waals surface area contributed by atoms with Gasteiger partial charge in [-0.25, -0.2) is 13.1 Å². The maximum absolute atomic E-state index is 12.6. The van der Waals surface area contributed by atoms with Crippen LogP contribution in [0.2, 0.25) is 10.0 Å². The Labute approximate surface area is 211 Å². The van der Waals surface area contributed by atoms with E-state index in [2.05, 4.69) is 9.62 Å². The number of benzene rings is 2. The molecule has 188 valence electrons. The van der Waals surface area contributed by atoms with E-state index in [0.29, 0.717) is 42.2 Å². The number of likely N-dealkylation sites (N-methyl/N-ethyl adjacent to an activating group) is 1. The van der Waals surface area contributed by atoms with E-state index in [0.717, 1.165) is 17.5 Å². The summed E-state index contributed by atoms with van der Waals surface area (Å²) in [6.45, 7) is 2.12. The summed E-state index contributed by atoms with van der Waals surface area (Å²) >= 11 is 12.7. The molecule has 0 heterocycles. The van der Waals surface area contributed by atoms with Crippen LogP contribution in [0.3, 0.4) is 0 Å². The molecule has 0 spiro atoms. The van der Waals surface area contributed by atoms with Crippen LogP contribution in [0.4, 0.5) is 0 Å². The van der Waals surface area contributed by atoms with Crippen molar-refractivity contribution in [1.29, 1.82) is 0 Å². The molecule has 3 rings (SSSR count). The van der Waals surface area contributed by atoms with Gasteiger partial charge in [0.2, 0.25) is 10.0 Å². The van der Waals surface area contributed by atoms with E-state index in [9.17, 15) is 8.42 Å². The van der Waals surface area contributed by atoms with Crippen LogP contribution < -0.4 is 15.2 Å². The van der Waals surface area contributed by atoms with Gasteiger partial charge in [0.25, 0.3) is 0 Å². The Hall–Kier alpha value is -1.43. The van der Waals surface area contributed by atoms with Crippen LogP contribution in [-0.2, 0) is 25.9 Å². The molecule has 2 aromatic carbocycles. The maximum atomic E-state index is 12.6.